The molecule has 238 valence electrons. The Kier molecular flexibility index (Phi) is 7.12. The van der Waals surface area contributed by atoms with Crippen LogP contribution in [0, 0.1) is 23.7 Å². The predicted octanol–water partition coefficient (Wildman–Crippen LogP) is 8.01. The topological polar surface area (TPSA) is 74.1 Å². The first-order chi connectivity index (χ1) is 22.7. The van der Waals surface area contributed by atoms with Crippen molar-refractivity contribution in [3.05, 3.63) is 95.3 Å². The highest BCUT2D eigenvalue weighted by Crippen LogP contribution is 2.55. The van der Waals surface area contributed by atoms with Gasteiger partial charge in [0, 0.05) is 71.2 Å². The van der Waals surface area contributed by atoms with Gasteiger partial charge in [-0.2, -0.15) is 0 Å². The monoisotopic (exact) mass is 614 g/mol. The Morgan fingerprint density at radius 1 is 0.609 bits per heavy atom. The minimum absolute atomic E-state index is 0.510. The third-order valence-electron chi connectivity index (χ3n) is 12.5. The maximum absolute atomic E-state index is 5.59. The molecule has 2 heterocycles. The van der Waals surface area contributed by atoms with Gasteiger partial charge in [-0.1, -0.05) is 24.3 Å². The summed E-state index contributed by atoms with van der Waals surface area (Å²) < 4.78 is 11.2. The van der Waals surface area contributed by atoms with Crippen LogP contribution < -0.4 is 20.1 Å². The Labute approximate surface area is 271 Å². The maximum Gasteiger partial charge on any atom is 0.119 e. The van der Waals surface area contributed by atoms with Crippen LogP contribution in [0.2, 0.25) is 0 Å². The molecule has 0 spiro atoms. The molecule has 8 atom stereocenters. The molecule has 0 radical (unpaired) electrons. The molecular formula is C40H46N4O2. The van der Waals surface area contributed by atoms with E-state index in [0.29, 0.717) is 23.9 Å². The van der Waals surface area contributed by atoms with Crippen molar-refractivity contribution in [2.75, 3.05) is 14.2 Å². The van der Waals surface area contributed by atoms with E-state index in [1.165, 1.54) is 82.6 Å². The zero-order chi connectivity index (χ0) is 30.8. The first kappa shape index (κ1) is 28.5. The zero-order valence-corrected chi connectivity index (χ0v) is 27.0. The summed E-state index contributed by atoms with van der Waals surface area (Å²) in [5, 5.41) is 10.8. The number of methoxy groups -OCH3 is 2. The third kappa shape index (κ3) is 4.75. The molecule has 3 aromatic carbocycles. The standard InChI is InChI=1S/C40H46N4O2/c1-45-29-10-12-35-31(17-29)33(21-41-35)37-25-6-8-27(15-25)39(37)43-19-23-4-3-5-24(14-23)20-44-40-28-9-7-26(16-28)38(40)34-22-42-36-13-11-30(46-2)18-32(34)36/h3-5,10-14,17-18,21-22,25-28,37-44H,6-9,15-16,19-20H2,1-2H3/t25-,26+,27+,28-,37-,38+,39+,40-. The van der Waals surface area contributed by atoms with Crippen LogP contribution in [0.1, 0.15) is 72.6 Å². The number of aromatic nitrogens is 2. The molecule has 4 fully saturated rings. The van der Waals surface area contributed by atoms with E-state index in [-0.39, 0.29) is 0 Å². The van der Waals surface area contributed by atoms with Crippen LogP contribution in [0.3, 0.4) is 0 Å². The van der Waals surface area contributed by atoms with Crippen molar-refractivity contribution in [3.63, 3.8) is 0 Å². The molecule has 0 saturated heterocycles. The summed E-state index contributed by atoms with van der Waals surface area (Å²) in [5.41, 5.74) is 8.11. The minimum Gasteiger partial charge on any atom is -0.497 e. The Morgan fingerprint density at radius 3 is 1.57 bits per heavy atom. The number of nitrogens with one attached hydrogen (secondary N) is 4. The highest BCUT2D eigenvalue weighted by Gasteiger charge is 2.49. The SMILES string of the molecule is COc1ccc2[nH]cc([C@@H]3[C@H]4CC[C@H](C4)[C@H]3NCc3cccc(CN[C@H]4[C@H]5CC[C@H](C5)[C@@H]4c4c[nH]c5ccc(OC)cc45)c3)c2c1. The number of H-pyrrole nitrogens is 2. The average Bonchev–Trinajstić information content (AvgIpc) is 3.95. The summed E-state index contributed by atoms with van der Waals surface area (Å²) in [6, 6.07) is 23.2. The van der Waals surface area contributed by atoms with E-state index in [1.54, 1.807) is 14.2 Å². The molecule has 6 heteroatoms. The second-order valence-electron chi connectivity index (χ2n) is 14.7. The maximum atomic E-state index is 5.59. The van der Waals surface area contributed by atoms with Gasteiger partial charge in [0.15, 0.2) is 0 Å². The Morgan fingerprint density at radius 2 is 1.09 bits per heavy atom. The second kappa shape index (κ2) is 11.5. The van der Waals surface area contributed by atoms with Crippen LogP contribution in [0.5, 0.6) is 11.5 Å². The second-order valence-corrected chi connectivity index (χ2v) is 14.7. The fourth-order valence-corrected chi connectivity index (χ4v) is 10.4. The van der Waals surface area contributed by atoms with Gasteiger partial charge in [0.05, 0.1) is 14.2 Å². The molecule has 4 aliphatic carbocycles. The number of aromatic amines is 2. The lowest BCUT2D eigenvalue weighted by Gasteiger charge is -2.32. The van der Waals surface area contributed by atoms with Crippen LogP contribution in [0.15, 0.2) is 73.1 Å². The van der Waals surface area contributed by atoms with Gasteiger partial charge in [-0.15, -0.1) is 0 Å². The average molecular weight is 615 g/mol. The molecular weight excluding hydrogens is 568 g/mol. The van der Waals surface area contributed by atoms with Gasteiger partial charge in [-0.25, -0.2) is 0 Å². The van der Waals surface area contributed by atoms with Gasteiger partial charge in [0.1, 0.15) is 11.5 Å². The molecule has 4 bridgehead atoms. The van der Waals surface area contributed by atoms with E-state index in [0.717, 1.165) is 48.3 Å². The van der Waals surface area contributed by atoms with Gasteiger partial charge in [-0.05, 0) is 121 Å². The van der Waals surface area contributed by atoms with E-state index in [4.69, 9.17) is 9.47 Å². The van der Waals surface area contributed by atoms with Gasteiger partial charge in [0.2, 0.25) is 0 Å². The van der Waals surface area contributed by atoms with Crippen molar-refractivity contribution < 1.29 is 9.47 Å². The summed E-state index contributed by atoms with van der Waals surface area (Å²) in [6.07, 6.45) is 12.6. The van der Waals surface area contributed by atoms with Crippen molar-refractivity contribution in [1.29, 1.82) is 0 Å². The first-order valence-electron chi connectivity index (χ1n) is 17.5. The van der Waals surface area contributed by atoms with Crippen molar-refractivity contribution in [2.45, 2.75) is 75.5 Å². The van der Waals surface area contributed by atoms with Crippen LogP contribution >= 0.6 is 0 Å². The van der Waals surface area contributed by atoms with E-state index >= 15 is 0 Å². The molecule has 5 aromatic rings. The van der Waals surface area contributed by atoms with Crippen molar-refractivity contribution in [2.24, 2.45) is 23.7 Å². The summed E-state index contributed by atoms with van der Waals surface area (Å²) in [4.78, 5) is 7.11. The fourth-order valence-electron chi connectivity index (χ4n) is 10.4. The quantitative estimate of drug-likeness (QED) is 0.129. The summed E-state index contributed by atoms with van der Waals surface area (Å²) >= 11 is 0. The first-order valence-corrected chi connectivity index (χ1v) is 17.5. The number of hydrogen-bond donors (Lipinski definition) is 4. The number of ether oxygens (including phenoxy) is 2. The van der Waals surface area contributed by atoms with Crippen molar-refractivity contribution >= 4 is 21.8 Å². The minimum atomic E-state index is 0.510. The lowest BCUT2D eigenvalue weighted by atomic mass is 9.79. The highest BCUT2D eigenvalue weighted by atomic mass is 16.5. The molecule has 0 unspecified atom stereocenters. The summed E-state index contributed by atoms with van der Waals surface area (Å²) in [5.74, 6) is 6.00. The molecule has 4 N–H and O–H groups in total. The normalized spacial score (nSPS) is 29.8. The van der Waals surface area contributed by atoms with Gasteiger partial charge < -0.3 is 30.1 Å². The highest BCUT2D eigenvalue weighted by molar-refractivity contribution is 5.86. The largest absolute Gasteiger partial charge is 0.497 e. The van der Waals surface area contributed by atoms with E-state index in [2.05, 4.69) is 93.7 Å². The number of fused-ring (bicyclic) bond motifs is 6. The fraction of sp³-hybridized carbons (Fsp3) is 0.450. The van der Waals surface area contributed by atoms with Crippen LogP contribution in [-0.4, -0.2) is 36.3 Å². The number of benzene rings is 3. The molecule has 0 amide bonds. The molecule has 4 aliphatic rings. The molecule has 4 saturated carbocycles. The molecule has 2 aromatic heterocycles. The van der Waals surface area contributed by atoms with Crippen molar-refractivity contribution in [3.8, 4) is 11.5 Å². The van der Waals surface area contributed by atoms with Gasteiger partial charge >= 0.3 is 0 Å². The lowest BCUT2D eigenvalue weighted by Crippen LogP contribution is -2.39. The number of hydrogen-bond acceptors (Lipinski definition) is 4. The zero-order valence-electron chi connectivity index (χ0n) is 27.0. The van der Waals surface area contributed by atoms with E-state index < -0.39 is 0 Å². The molecule has 9 rings (SSSR count). The molecule has 0 aliphatic heterocycles. The predicted molar refractivity (Wildman–Crippen MR) is 185 cm³/mol. The third-order valence-corrected chi connectivity index (χ3v) is 12.5. The Bertz CT molecular complexity index is 1740. The van der Waals surface area contributed by atoms with Crippen LogP contribution in [0.4, 0.5) is 0 Å². The van der Waals surface area contributed by atoms with Gasteiger partial charge in [-0.3, -0.25) is 0 Å². The smallest absolute Gasteiger partial charge is 0.119 e. The summed E-state index contributed by atoms with van der Waals surface area (Å²) in [7, 11) is 3.52. The van der Waals surface area contributed by atoms with E-state index in [9.17, 15) is 0 Å². The van der Waals surface area contributed by atoms with Crippen LogP contribution in [-0.2, 0) is 13.1 Å². The van der Waals surface area contributed by atoms with Crippen LogP contribution in [0.25, 0.3) is 21.8 Å². The lowest BCUT2D eigenvalue weighted by molar-refractivity contribution is 0.309. The summed E-state index contributed by atoms with van der Waals surface area (Å²) in [6.45, 7) is 1.83. The Balaban J connectivity index is 0.904. The van der Waals surface area contributed by atoms with E-state index in [1.807, 2.05) is 0 Å². The van der Waals surface area contributed by atoms with Crippen molar-refractivity contribution in [1.82, 2.24) is 20.6 Å². The molecule has 46 heavy (non-hydrogen) atoms. The van der Waals surface area contributed by atoms with Gasteiger partial charge in [0.25, 0.3) is 0 Å². The Hall–Kier alpha value is -3.74. The number of rotatable bonds is 10. The molecule has 6 nitrogen and oxygen atoms in total.